The van der Waals surface area contributed by atoms with Crippen LogP contribution in [0.4, 0.5) is 0 Å². The molecule has 0 aliphatic carbocycles. The van der Waals surface area contributed by atoms with Gasteiger partial charge in [0.1, 0.15) is 5.82 Å². The van der Waals surface area contributed by atoms with E-state index in [1.54, 1.807) is 0 Å². The summed E-state index contributed by atoms with van der Waals surface area (Å²) >= 11 is 0. The molecule has 5 rings (SSSR count). The molecule has 4 N–H and O–H groups in total. The van der Waals surface area contributed by atoms with Crippen LogP contribution in [0.25, 0.3) is 11.8 Å². The van der Waals surface area contributed by atoms with E-state index in [0.29, 0.717) is 18.4 Å². The van der Waals surface area contributed by atoms with E-state index < -0.39 is 0 Å². The van der Waals surface area contributed by atoms with Crippen LogP contribution in [-0.2, 0) is 13.1 Å². The number of aryl methyl sites for hydroxylation is 1. The van der Waals surface area contributed by atoms with Gasteiger partial charge in [-0.15, -0.1) is 0 Å². The number of guanidine groups is 2. The molecule has 0 aromatic heterocycles. The first-order chi connectivity index (χ1) is 18.9. The van der Waals surface area contributed by atoms with Gasteiger partial charge in [0.05, 0.1) is 6.54 Å². The number of piperidine rings is 1. The zero-order chi connectivity index (χ0) is 27.5. The smallest absolute Gasteiger partial charge is 0.229 e. The summed E-state index contributed by atoms with van der Waals surface area (Å²) in [7, 11) is 2.02. The van der Waals surface area contributed by atoms with E-state index in [9.17, 15) is 0 Å². The summed E-state index contributed by atoms with van der Waals surface area (Å²) in [5.41, 5.74) is 14.7. The van der Waals surface area contributed by atoms with Crippen LogP contribution in [0.2, 0.25) is 0 Å². The fourth-order valence-electron chi connectivity index (χ4n) is 5.50. The molecule has 7 heteroatoms. The highest BCUT2D eigenvalue weighted by Gasteiger charge is 2.28. The van der Waals surface area contributed by atoms with Crippen LogP contribution < -0.4 is 16.4 Å². The number of benzene rings is 2. The van der Waals surface area contributed by atoms with E-state index in [2.05, 4.69) is 96.3 Å². The number of rotatable bonds is 5. The van der Waals surface area contributed by atoms with Crippen LogP contribution in [0.5, 0.6) is 0 Å². The number of nitrogens with zero attached hydrogens (tertiary/aromatic N) is 4. The van der Waals surface area contributed by atoms with Crippen LogP contribution in [0, 0.1) is 12.8 Å². The van der Waals surface area contributed by atoms with Crippen LogP contribution >= 0.6 is 0 Å². The monoisotopic (exact) mass is 523 g/mol. The Labute approximate surface area is 232 Å². The van der Waals surface area contributed by atoms with Crippen molar-refractivity contribution in [3.8, 4) is 0 Å². The van der Waals surface area contributed by atoms with E-state index in [-0.39, 0.29) is 6.04 Å². The molecule has 1 saturated heterocycles. The van der Waals surface area contributed by atoms with Crippen molar-refractivity contribution in [3.63, 3.8) is 0 Å². The molecule has 0 radical (unpaired) electrons. The number of fused-ring (bicyclic) bond motifs is 1. The maximum Gasteiger partial charge on any atom is 0.229 e. The number of aliphatic imine (C=N–C) groups is 2. The van der Waals surface area contributed by atoms with Gasteiger partial charge in [-0.25, -0.2) is 4.99 Å². The normalized spacial score (nSPS) is 20.2. The van der Waals surface area contributed by atoms with Gasteiger partial charge < -0.3 is 21.3 Å². The van der Waals surface area contributed by atoms with Crippen molar-refractivity contribution in [1.29, 1.82) is 0 Å². The van der Waals surface area contributed by atoms with Crippen LogP contribution in [-0.4, -0.2) is 47.9 Å². The van der Waals surface area contributed by atoms with Crippen molar-refractivity contribution in [3.05, 3.63) is 94.3 Å². The highest BCUT2D eigenvalue weighted by atomic mass is 15.4. The lowest BCUT2D eigenvalue weighted by molar-refractivity contribution is 0.303. The SMILES string of the molecule is C=C/C(=C1/NC(N2CCC(N)CC2)=NC(=NCc2ccccc2C2=Cc3cccc(C)c3CN2)N1C)C(C)C. The Balaban J connectivity index is 1.49. The first kappa shape index (κ1) is 26.8. The average Bonchev–Trinajstić information content (AvgIpc) is 2.94. The molecule has 7 nitrogen and oxygen atoms in total. The quantitative estimate of drug-likeness (QED) is 0.524. The van der Waals surface area contributed by atoms with E-state index in [4.69, 9.17) is 15.7 Å². The summed E-state index contributed by atoms with van der Waals surface area (Å²) in [5, 5.41) is 7.24. The van der Waals surface area contributed by atoms with Crippen molar-refractivity contribution in [2.24, 2.45) is 21.6 Å². The van der Waals surface area contributed by atoms with Gasteiger partial charge in [0.25, 0.3) is 0 Å². The molecule has 3 aliphatic heterocycles. The first-order valence-corrected chi connectivity index (χ1v) is 14.0. The van der Waals surface area contributed by atoms with Crippen molar-refractivity contribution in [2.45, 2.75) is 52.7 Å². The zero-order valence-corrected chi connectivity index (χ0v) is 23.7. The van der Waals surface area contributed by atoms with E-state index in [1.807, 2.05) is 13.1 Å². The molecule has 3 heterocycles. The van der Waals surface area contributed by atoms with Gasteiger partial charge in [-0.3, -0.25) is 4.90 Å². The fraction of sp³-hybridized carbons (Fsp3) is 0.375. The van der Waals surface area contributed by atoms with Crippen molar-refractivity contribution >= 4 is 23.7 Å². The first-order valence-electron chi connectivity index (χ1n) is 14.0. The third-order valence-electron chi connectivity index (χ3n) is 7.93. The standard InChI is InChI=1S/C32H41N7/c1-6-26(21(2)3)30-36-32(39-16-14-25(33)15-17-39)37-31(38(30)5)35-19-24-11-7-8-13-27(24)29-18-23-12-9-10-22(4)28(23)20-34-29/h6-13,18,21,25,34H,1,14-17,19-20,33H2,2-5H3,(H,35,36,37)/b30-26+. The molecule has 0 unspecified atom stereocenters. The second-order valence-corrected chi connectivity index (χ2v) is 10.9. The third-order valence-corrected chi connectivity index (χ3v) is 7.93. The summed E-state index contributed by atoms with van der Waals surface area (Å²) in [6, 6.07) is 15.3. The minimum Gasteiger partial charge on any atom is -0.380 e. The Morgan fingerprint density at radius 1 is 1.18 bits per heavy atom. The molecule has 0 amide bonds. The van der Waals surface area contributed by atoms with Crippen molar-refractivity contribution < 1.29 is 0 Å². The van der Waals surface area contributed by atoms with E-state index in [1.165, 1.54) is 22.3 Å². The summed E-state index contributed by atoms with van der Waals surface area (Å²) in [6.45, 7) is 13.7. The number of allylic oxidation sites excluding steroid dienone is 2. The minimum absolute atomic E-state index is 0.255. The molecular formula is C32H41N7. The number of hydrogen-bond donors (Lipinski definition) is 3. The largest absolute Gasteiger partial charge is 0.380 e. The Kier molecular flexibility index (Phi) is 7.89. The Morgan fingerprint density at radius 3 is 2.69 bits per heavy atom. The van der Waals surface area contributed by atoms with Gasteiger partial charge in [0.2, 0.25) is 11.9 Å². The Morgan fingerprint density at radius 2 is 1.95 bits per heavy atom. The van der Waals surface area contributed by atoms with Gasteiger partial charge in [-0.05, 0) is 59.6 Å². The van der Waals surface area contributed by atoms with Crippen molar-refractivity contribution in [1.82, 2.24) is 20.4 Å². The average molecular weight is 524 g/mol. The lowest BCUT2D eigenvalue weighted by atomic mass is 9.95. The Bertz CT molecular complexity index is 1360. The highest BCUT2D eigenvalue weighted by molar-refractivity contribution is 5.99. The molecule has 2 aromatic carbocycles. The third kappa shape index (κ3) is 5.64. The molecule has 39 heavy (non-hydrogen) atoms. The van der Waals surface area contributed by atoms with E-state index in [0.717, 1.165) is 61.1 Å². The second kappa shape index (κ2) is 11.5. The molecule has 0 bridgehead atoms. The van der Waals surface area contributed by atoms with E-state index >= 15 is 0 Å². The fourth-order valence-corrected chi connectivity index (χ4v) is 5.50. The van der Waals surface area contributed by atoms with Crippen LogP contribution in [0.1, 0.15) is 54.5 Å². The molecule has 0 saturated carbocycles. The summed E-state index contributed by atoms with van der Waals surface area (Å²) in [6.07, 6.45) is 6.11. The van der Waals surface area contributed by atoms with Gasteiger partial charge in [0.15, 0.2) is 0 Å². The zero-order valence-electron chi connectivity index (χ0n) is 23.7. The molecule has 0 atom stereocenters. The maximum absolute atomic E-state index is 6.18. The highest BCUT2D eigenvalue weighted by Crippen LogP contribution is 2.28. The van der Waals surface area contributed by atoms with Gasteiger partial charge >= 0.3 is 0 Å². The number of nitrogens with two attached hydrogens (primary N) is 1. The van der Waals surface area contributed by atoms with Gasteiger partial charge in [-0.1, -0.05) is 69.0 Å². The van der Waals surface area contributed by atoms with Gasteiger partial charge in [-0.2, -0.15) is 4.99 Å². The number of nitrogens with one attached hydrogen (secondary N) is 2. The molecule has 3 aliphatic rings. The predicted molar refractivity (Wildman–Crippen MR) is 163 cm³/mol. The predicted octanol–water partition coefficient (Wildman–Crippen LogP) is 4.82. The number of likely N-dealkylation sites (tertiary alicyclic amines) is 1. The molecule has 2 aromatic rings. The lowest BCUT2D eigenvalue weighted by Gasteiger charge is -2.38. The topological polar surface area (TPSA) is 81.3 Å². The second-order valence-electron chi connectivity index (χ2n) is 10.9. The number of hydrogen-bond acceptors (Lipinski definition) is 5. The molecule has 1 fully saturated rings. The summed E-state index contributed by atoms with van der Waals surface area (Å²) in [4.78, 5) is 14.4. The minimum atomic E-state index is 0.255. The van der Waals surface area contributed by atoms with Crippen molar-refractivity contribution in [2.75, 3.05) is 20.1 Å². The molecular weight excluding hydrogens is 482 g/mol. The maximum atomic E-state index is 6.18. The Hall–Kier alpha value is -3.84. The molecule has 0 spiro atoms. The molecule has 204 valence electrons. The lowest BCUT2D eigenvalue weighted by Crippen LogP contribution is -2.53. The summed E-state index contributed by atoms with van der Waals surface area (Å²) in [5.74, 6) is 2.82. The van der Waals surface area contributed by atoms with Crippen LogP contribution in [0.15, 0.2) is 76.5 Å². The summed E-state index contributed by atoms with van der Waals surface area (Å²) < 4.78 is 0. The van der Waals surface area contributed by atoms with Gasteiger partial charge in [0, 0.05) is 44.0 Å². The van der Waals surface area contributed by atoms with Crippen LogP contribution in [0.3, 0.4) is 0 Å².